The van der Waals surface area contributed by atoms with Crippen LogP contribution in [-0.4, -0.2) is 17.7 Å². The summed E-state index contributed by atoms with van der Waals surface area (Å²) in [6, 6.07) is 15.8. The number of hydrogen-bond acceptors (Lipinski definition) is 4. The van der Waals surface area contributed by atoms with Crippen molar-refractivity contribution in [3.05, 3.63) is 70.8 Å². The molecule has 0 aliphatic heterocycles. The van der Waals surface area contributed by atoms with Crippen molar-refractivity contribution in [1.29, 1.82) is 0 Å². The molecule has 0 amide bonds. The summed E-state index contributed by atoms with van der Waals surface area (Å²) in [6.07, 6.45) is 1.21. The Labute approximate surface area is 167 Å². The lowest BCUT2D eigenvalue weighted by atomic mass is 10.00. The van der Waals surface area contributed by atoms with Crippen LogP contribution in [-0.2, 0) is 25.5 Å². The van der Waals surface area contributed by atoms with Gasteiger partial charge in [0.15, 0.2) is 0 Å². The highest BCUT2D eigenvalue weighted by Crippen LogP contribution is 2.24. The van der Waals surface area contributed by atoms with Gasteiger partial charge in [0.2, 0.25) is 0 Å². The van der Waals surface area contributed by atoms with Crippen LogP contribution in [0.3, 0.4) is 0 Å². The Morgan fingerprint density at radius 2 is 1.46 bits per heavy atom. The van der Waals surface area contributed by atoms with Gasteiger partial charge in [0, 0.05) is 19.8 Å². The number of aryl methyl sites for hydroxylation is 3. The van der Waals surface area contributed by atoms with E-state index in [-0.39, 0.29) is 12.4 Å². The van der Waals surface area contributed by atoms with Crippen LogP contribution in [0.2, 0.25) is 0 Å². The monoisotopic (exact) mass is 382 g/mol. The quantitative estimate of drug-likeness (QED) is 0.462. The number of carbonyl (C=O) groups is 2. The fourth-order valence-electron chi connectivity index (χ4n) is 2.75. The Hall–Kier alpha value is -2.62. The highest BCUT2D eigenvalue weighted by atomic mass is 16.7. The van der Waals surface area contributed by atoms with Gasteiger partial charge in [0.25, 0.3) is 5.79 Å². The summed E-state index contributed by atoms with van der Waals surface area (Å²) in [6.45, 7) is 9.28. The van der Waals surface area contributed by atoms with Crippen LogP contribution < -0.4 is 0 Å². The maximum Gasteiger partial charge on any atom is 0.316 e. The minimum absolute atomic E-state index is 0.240. The lowest BCUT2D eigenvalue weighted by Crippen LogP contribution is -2.37. The van der Waals surface area contributed by atoms with Crippen molar-refractivity contribution in [2.24, 2.45) is 0 Å². The first kappa shape index (κ1) is 21.7. The lowest BCUT2D eigenvalue weighted by Gasteiger charge is -2.29. The Morgan fingerprint density at radius 3 is 2.00 bits per heavy atom. The first-order valence-electron chi connectivity index (χ1n) is 9.79. The molecule has 0 spiro atoms. The summed E-state index contributed by atoms with van der Waals surface area (Å²) in [7, 11) is 0. The molecule has 0 radical (unpaired) electrons. The van der Waals surface area contributed by atoms with E-state index in [9.17, 15) is 9.59 Å². The van der Waals surface area contributed by atoms with E-state index in [2.05, 4.69) is 0 Å². The third kappa shape index (κ3) is 6.22. The third-order valence-electron chi connectivity index (χ3n) is 4.96. The van der Waals surface area contributed by atoms with E-state index in [4.69, 9.17) is 9.47 Å². The Balaban J connectivity index is 1.93. The molecule has 4 nitrogen and oxygen atoms in total. The molecule has 2 atom stereocenters. The van der Waals surface area contributed by atoms with Gasteiger partial charge in [-0.15, -0.1) is 0 Å². The number of benzene rings is 2. The number of hydrogen-bond donors (Lipinski definition) is 0. The molecular formula is C24H30O4. The molecule has 28 heavy (non-hydrogen) atoms. The van der Waals surface area contributed by atoms with Crippen LogP contribution >= 0.6 is 0 Å². The van der Waals surface area contributed by atoms with Gasteiger partial charge in [-0.3, -0.25) is 9.59 Å². The van der Waals surface area contributed by atoms with Crippen LogP contribution in [0.4, 0.5) is 0 Å². The van der Waals surface area contributed by atoms with Crippen molar-refractivity contribution in [2.75, 3.05) is 0 Å². The molecule has 0 saturated heterocycles. The molecule has 0 aromatic heterocycles. The topological polar surface area (TPSA) is 52.6 Å². The van der Waals surface area contributed by atoms with Crippen LogP contribution in [0.25, 0.3) is 0 Å². The third-order valence-corrected chi connectivity index (χ3v) is 4.96. The zero-order valence-corrected chi connectivity index (χ0v) is 17.5. The Kier molecular flexibility index (Phi) is 7.38. The van der Waals surface area contributed by atoms with E-state index in [1.165, 1.54) is 5.56 Å². The summed E-state index contributed by atoms with van der Waals surface area (Å²) in [5.41, 5.74) is 4.26. The molecule has 2 aromatic rings. The predicted molar refractivity (Wildman–Crippen MR) is 110 cm³/mol. The molecule has 0 N–H and O–H groups in total. The molecule has 4 heteroatoms. The van der Waals surface area contributed by atoms with E-state index in [1.54, 1.807) is 13.8 Å². The molecule has 0 aliphatic rings. The largest absolute Gasteiger partial charge is 0.423 e. The Bertz CT molecular complexity index is 792. The molecule has 0 fully saturated rings. The van der Waals surface area contributed by atoms with Gasteiger partial charge in [-0.25, -0.2) is 0 Å². The minimum Gasteiger partial charge on any atom is -0.423 e. The second kappa shape index (κ2) is 9.54. The van der Waals surface area contributed by atoms with Crippen molar-refractivity contribution in [3.8, 4) is 0 Å². The molecule has 2 unspecified atom stereocenters. The van der Waals surface area contributed by atoms with Crippen molar-refractivity contribution in [3.63, 3.8) is 0 Å². The van der Waals surface area contributed by atoms with Crippen molar-refractivity contribution >= 4 is 11.9 Å². The van der Waals surface area contributed by atoms with E-state index in [1.807, 2.05) is 69.3 Å². The molecule has 2 aromatic carbocycles. The smallest absolute Gasteiger partial charge is 0.316 e. The molecule has 150 valence electrons. The standard InChI is InChI=1S/C24H30O4/c1-6-24(5,27-22(25)16-13-20-11-7-17(2)8-12-20)28-23(26)19(4)21-14-9-18(3)10-15-21/h7-12,14-15,19H,6,13,16H2,1-5H3. The summed E-state index contributed by atoms with van der Waals surface area (Å²) in [5.74, 6) is -2.47. The summed E-state index contributed by atoms with van der Waals surface area (Å²) in [5, 5.41) is 0. The second-order valence-corrected chi connectivity index (χ2v) is 7.50. The van der Waals surface area contributed by atoms with E-state index in [0.717, 1.165) is 16.7 Å². The Morgan fingerprint density at radius 1 is 0.929 bits per heavy atom. The lowest BCUT2D eigenvalue weighted by molar-refractivity contribution is -0.224. The first-order chi connectivity index (χ1) is 13.2. The SMILES string of the molecule is CCC(C)(OC(=O)CCc1ccc(C)cc1)OC(=O)C(C)c1ccc(C)cc1. The summed E-state index contributed by atoms with van der Waals surface area (Å²) in [4.78, 5) is 24.9. The van der Waals surface area contributed by atoms with Crippen LogP contribution in [0.15, 0.2) is 48.5 Å². The highest BCUT2D eigenvalue weighted by molar-refractivity contribution is 5.78. The van der Waals surface area contributed by atoms with Crippen molar-refractivity contribution in [1.82, 2.24) is 0 Å². The van der Waals surface area contributed by atoms with Crippen molar-refractivity contribution < 1.29 is 19.1 Å². The zero-order chi connectivity index (χ0) is 20.7. The number of ether oxygens (including phenoxy) is 2. The van der Waals surface area contributed by atoms with Gasteiger partial charge in [-0.1, -0.05) is 66.6 Å². The number of carbonyl (C=O) groups excluding carboxylic acids is 2. The van der Waals surface area contributed by atoms with Crippen LogP contribution in [0.1, 0.15) is 61.8 Å². The summed E-state index contributed by atoms with van der Waals surface area (Å²) < 4.78 is 11.1. The molecule has 2 rings (SSSR count). The van der Waals surface area contributed by atoms with Gasteiger partial charge in [-0.2, -0.15) is 0 Å². The van der Waals surface area contributed by atoms with Gasteiger partial charge >= 0.3 is 11.9 Å². The molecule has 0 saturated carbocycles. The van der Waals surface area contributed by atoms with Gasteiger partial charge in [-0.05, 0) is 38.3 Å². The maximum absolute atomic E-state index is 12.6. The average Bonchev–Trinajstić information content (AvgIpc) is 2.67. The second-order valence-electron chi connectivity index (χ2n) is 7.50. The first-order valence-corrected chi connectivity index (χ1v) is 9.79. The van der Waals surface area contributed by atoms with Gasteiger partial charge in [0.1, 0.15) is 0 Å². The maximum atomic E-state index is 12.6. The average molecular weight is 383 g/mol. The zero-order valence-electron chi connectivity index (χ0n) is 17.5. The van der Waals surface area contributed by atoms with Crippen LogP contribution in [0, 0.1) is 13.8 Å². The number of rotatable bonds is 8. The van der Waals surface area contributed by atoms with Crippen LogP contribution in [0.5, 0.6) is 0 Å². The summed E-state index contributed by atoms with van der Waals surface area (Å²) >= 11 is 0. The van der Waals surface area contributed by atoms with Crippen molar-refractivity contribution in [2.45, 2.75) is 65.6 Å². The van der Waals surface area contributed by atoms with Gasteiger partial charge < -0.3 is 9.47 Å². The fraction of sp³-hybridized carbons (Fsp3) is 0.417. The van der Waals surface area contributed by atoms with E-state index < -0.39 is 17.7 Å². The molecule has 0 aliphatic carbocycles. The minimum atomic E-state index is -1.26. The number of esters is 2. The van der Waals surface area contributed by atoms with E-state index >= 15 is 0 Å². The molecule has 0 heterocycles. The molecular weight excluding hydrogens is 352 g/mol. The predicted octanol–water partition coefficient (Wildman–Crippen LogP) is 5.25. The molecule has 0 bridgehead atoms. The normalized spacial score (nSPS) is 14.0. The fourth-order valence-corrected chi connectivity index (χ4v) is 2.75. The van der Waals surface area contributed by atoms with E-state index in [0.29, 0.717) is 12.8 Å². The highest BCUT2D eigenvalue weighted by Gasteiger charge is 2.33. The van der Waals surface area contributed by atoms with Gasteiger partial charge in [0.05, 0.1) is 5.92 Å².